The third-order valence-electron chi connectivity index (χ3n) is 5.67. The van der Waals surface area contributed by atoms with E-state index < -0.39 is 6.10 Å². The maximum atomic E-state index is 12.8. The van der Waals surface area contributed by atoms with Gasteiger partial charge in [0.2, 0.25) is 11.7 Å². The molecule has 2 heterocycles. The van der Waals surface area contributed by atoms with Gasteiger partial charge in [-0.2, -0.15) is 4.98 Å². The van der Waals surface area contributed by atoms with Crippen LogP contribution in [0.5, 0.6) is 5.75 Å². The lowest BCUT2D eigenvalue weighted by molar-refractivity contribution is -0.128. The van der Waals surface area contributed by atoms with Crippen molar-refractivity contribution in [3.63, 3.8) is 0 Å². The Kier molecular flexibility index (Phi) is 6.21. The summed E-state index contributed by atoms with van der Waals surface area (Å²) in [4.78, 5) is 19.5. The SMILES string of the molecule is CCC(CC)NC(=O)C1CN(Cc2nc(-c3ccccc3C)no2)c2ccccc2O1. The van der Waals surface area contributed by atoms with Crippen LogP contribution in [0.2, 0.25) is 0 Å². The van der Waals surface area contributed by atoms with Crippen LogP contribution in [-0.2, 0) is 11.3 Å². The van der Waals surface area contributed by atoms with Gasteiger partial charge in [0.25, 0.3) is 5.91 Å². The fraction of sp³-hybridized carbons (Fsp3) is 0.375. The average molecular weight is 421 g/mol. The number of carbonyl (C=O) groups is 1. The summed E-state index contributed by atoms with van der Waals surface area (Å²) in [6.07, 6.45) is 1.17. The van der Waals surface area contributed by atoms with Gasteiger partial charge in [0.1, 0.15) is 5.75 Å². The Balaban J connectivity index is 1.54. The topological polar surface area (TPSA) is 80.5 Å². The molecule has 0 bridgehead atoms. The number of rotatable bonds is 7. The number of amides is 1. The van der Waals surface area contributed by atoms with Crippen molar-refractivity contribution in [1.29, 1.82) is 0 Å². The second kappa shape index (κ2) is 9.20. The molecule has 0 spiro atoms. The Morgan fingerprint density at radius 1 is 1.16 bits per heavy atom. The molecule has 31 heavy (non-hydrogen) atoms. The molecule has 0 radical (unpaired) electrons. The number of carbonyl (C=O) groups excluding carboxylic acids is 1. The molecule has 4 rings (SSSR count). The summed E-state index contributed by atoms with van der Waals surface area (Å²) in [6.45, 7) is 6.96. The summed E-state index contributed by atoms with van der Waals surface area (Å²) in [5, 5.41) is 7.25. The molecule has 0 saturated carbocycles. The predicted molar refractivity (Wildman–Crippen MR) is 119 cm³/mol. The molecule has 1 aliphatic heterocycles. The van der Waals surface area contributed by atoms with E-state index in [-0.39, 0.29) is 11.9 Å². The minimum Gasteiger partial charge on any atom is -0.477 e. The van der Waals surface area contributed by atoms with Crippen LogP contribution in [0.1, 0.15) is 38.1 Å². The zero-order valence-corrected chi connectivity index (χ0v) is 18.2. The van der Waals surface area contributed by atoms with Gasteiger partial charge in [0.15, 0.2) is 6.10 Å². The number of hydrogen-bond donors (Lipinski definition) is 1. The van der Waals surface area contributed by atoms with Crippen molar-refractivity contribution < 1.29 is 14.1 Å². The number of ether oxygens (including phenoxy) is 1. The Morgan fingerprint density at radius 2 is 1.90 bits per heavy atom. The van der Waals surface area contributed by atoms with Crippen LogP contribution in [0.3, 0.4) is 0 Å². The Labute approximate surface area is 182 Å². The second-order valence-electron chi connectivity index (χ2n) is 7.80. The third kappa shape index (κ3) is 4.55. The minimum atomic E-state index is -0.603. The first-order valence-electron chi connectivity index (χ1n) is 10.8. The molecular weight excluding hydrogens is 392 g/mol. The number of benzene rings is 2. The second-order valence-corrected chi connectivity index (χ2v) is 7.80. The number of anilines is 1. The number of nitrogens with zero attached hydrogens (tertiary/aromatic N) is 3. The van der Waals surface area contributed by atoms with Gasteiger partial charge in [-0.1, -0.05) is 55.4 Å². The van der Waals surface area contributed by atoms with Crippen molar-refractivity contribution in [3.8, 4) is 17.1 Å². The van der Waals surface area contributed by atoms with Gasteiger partial charge < -0.3 is 19.5 Å². The van der Waals surface area contributed by atoms with E-state index in [2.05, 4.69) is 34.2 Å². The van der Waals surface area contributed by atoms with Crippen LogP contribution in [-0.4, -0.2) is 34.7 Å². The Hall–Kier alpha value is -3.35. The minimum absolute atomic E-state index is 0.0978. The van der Waals surface area contributed by atoms with Crippen molar-refractivity contribution in [2.24, 2.45) is 0 Å². The number of fused-ring (bicyclic) bond motifs is 1. The highest BCUT2D eigenvalue weighted by Crippen LogP contribution is 2.34. The number of para-hydroxylation sites is 2. The molecule has 162 valence electrons. The molecule has 1 aliphatic rings. The molecule has 1 atom stereocenters. The number of nitrogens with one attached hydrogen (secondary N) is 1. The molecule has 7 nitrogen and oxygen atoms in total. The van der Waals surface area contributed by atoms with E-state index in [1.165, 1.54) is 0 Å². The lowest BCUT2D eigenvalue weighted by atomic mass is 10.1. The van der Waals surface area contributed by atoms with Crippen molar-refractivity contribution in [2.75, 3.05) is 11.4 Å². The van der Waals surface area contributed by atoms with Gasteiger partial charge in [-0.15, -0.1) is 0 Å². The zero-order chi connectivity index (χ0) is 21.8. The van der Waals surface area contributed by atoms with Gasteiger partial charge in [-0.3, -0.25) is 4.79 Å². The number of aromatic nitrogens is 2. The molecule has 1 unspecified atom stereocenters. The normalized spacial score (nSPS) is 15.5. The van der Waals surface area contributed by atoms with Crippen LogP contribution >= 0.6 is 0 Å². The first-order chi connectivity index (χ1) is 15.1. The highest BCUT2D eigenvalue weighted by atomic mass is 16.5. The summed E-state index contributed by atoms with van der Waals surface area (Å²) in [5.41, 5.74) is 2.94. The lowest BCUT2D eigenvalue weighted by Crippen LogP contribution is -2.51. The molecule has 1 N–H and O–H groups in total. The third-order valence-corrected chi connectivity index (χ3v) is 5.67. The van der Waals surface area contributed by atoms with Crippen molar-refractivity contribution in [2.45, 2.75) is 52.3 Å². The fourth-order valence-corrected chi connectivity index (χ4v) is 3.80. The van der Waals surface area contributed by atoms with Gasteiger partial charge in [0, 0.05) is 11.6 Å². The zero-order valence-electron chi connectivity index (χ0n) is 18.2. The molecule has 1 amide bonds. The van der Waals surface area contributed by atoms with E-state index in [9.17, 15) is 4.79 Å². The Bertz CT molecular complexity index is 1040. The molecule has 0 fully saturated rings. The van der Waals surface area contributed by atoms with Crippen molar-refractivity contribution in [3.05, 3.63) is 60.0 Å². The Morgan fingerprint density at radius 3 is 2.68 bits per heavy atom. The largest absolute Gasteiger partial charge is 0.477 e. The van der Waals surface area contributed by atoms with E-state index in [1.807, 2.05) is 55.5 Å². The highest BCUT2D eigenvalue weighted by Gasteiger charge is 2.32. The predicted octanol–water partition coefficient (Wildman–Crippen LogP) is 4.12. The van der Waals surface area contributed by atoms with Crippen LogP contribution in [0, 0.1) is 6.92 Å². The molecule has 2 aromatic carbocycles. The molecule has 3 aromatic rings. The van der Waals surface area contributed by atoms with Crippen LogP contribution in [0.15, 0.2) is 53.1 Å². The number of hydrogen-bond acceptors (Lipinski definition) is 6. The standard InChI is InChI=1S/C24H28N4O3/c1-4-17(5-2)25-24(29)21-14-28(19-12-8-9-13-20(19)30-21)15-22-26-23(27-31-22)18-11-7-6-10-16(18)3/h6-13,17,21H,4-5,14-15H2,1-3H3,(H,25,29). The monoisotopic (exact) mass is 420 g/mol. The van der Waals surface area contributed by atoms with Crippen molar-refractivity contribution in [1.82, 2.24) is 15.5 Å². The first-order valence-corrected chi connectivity index (χ1v) is 10.8. The molecule has 0 saturated heterocycles. The van der Waals surface area contributed by atoms with E-state index in [0.717, 1.165) is 29.7 Å². The smallest absolute Gasteiger partial charge is 0.263 e. The molecule has 7 heteroatoms. The van der Waals surface area contributed by atoms with Crippen LogP contribution in [0.25, 0.3) is 11.4 Å². The van der Waals surface area contributed by atoms with E-state index in [1.54, 1.807) is 0 Å². The van der Waals surface area contributed by atoms with Crippen molar-refractivity contribution >= 4 is 11.6 Å². The molecule has 1 aromatic heterocycles. The highest BCUT2D eigenvalue weighted by molar-refractivity contribution is 5.83. The summed E-state index contributed by atoms with van der Waals surface area (Å²) < 4.78 is 11.6. The maximum absolute atomic E-state index is 12.8. The van der Waals surface area contributed by atoms with E-state index in [4.69, 9.17) is 9.26 Å². The quantitative estimate of drug-likeness (QED) is 0.619. The van der Waals surface area contributed by atoms with Gasteiger partial charge >= 0.3 is 0 Å². The van der Waals surface area contributed by atoms with Crippen LogP contribution in [0.4, 0.5) is 5.69 Å². The lowest BCUT2D eigenvalue weighted by Gasteiger charge is -2.35. The van der Waals surface area contributed by atoms with Crippen LogP contribution < -0.4 is 15.0 Å². The van der Waals surface area contributed by atoms with E-state index >= 15 is 0 Å². The fourth-order valence-electron chi connectivity index (χ4n) is 3.80. The maximum Gasteiger partial charge on any atom is 0.263 e. The summed E-state index contributed by atoms with van der Waals surface area (Å²) in [5.74, 6) is 1.64. The average Bonchev–Trinajstić information content (AvgIpc) is 3.25. The first kappa shape index (κ1) is 20.9. The van der Waals surface area contributed by atoms with Gasteiger partial charge in [-0.25, -0.2) is 0 Å². The summed E-state index contributed by atoms with van der Waals surface area (Å²) in [6, 6.07) is 15.8. The molecule has 0 aliphatic carbocycles. The van der Waals surface area contributed by atoms with Gasteiger partial charge in [0.05, 0.1) is 18.8 Å². The molecular formula is C24H28N4O3. The number of aryl methyl sites for hydroxylation is 1. The summed E-state index contributed by atoms with van der Waals surface area (Å²) in [7, 11) is 0. The summed E-state index contributed by atoms with van der Waals surface area (Å²) >= 11 is 0. The van der Waals surface area contributed by atoms with Gasteiger partial charge in [-0.05, 0) is 37.5 Å². The van der Waals surface area contributed by atoms with E-state index in [0.29, 0.717) is 30.6 Å².